The van der Waals surface area contributed by atoms with Crippen molar-refractivity contribution in [1.82, 2.24) is 5.43 Å². The lowest BCUT2D eigenvalue weighted by Gasteiger charge is -2.18. The Kier molecular flexibility index (Phi) is 4.39. The molecule has 0 bridgehead atoms. The van der Waals surface area contributed by atoms with E-state index in [0.717, 1.165) is 16.1 Å². The van der Waals surface area contributed by atoms with Gasteiger partial charge in [-0.05, 0) is 51.9 Å². The van der Waals surface area contributed by atoms with Crippen molar-refractivity contribution in [2.75, 3.05) is 0 Å². The first-order valence-electron chi connectivity index (χ1n) is 5.18. The summed E-state index contributed by atoms with van der Waals surface area (Å²) in [6, 6.07) is 15.9. The fraction of sp³-hybridized carbons (Fsp3) is 0.0769. The average molecular weight is 359 g/mol. The Hall–Kier alpha value is -0.620. The van der Waals surface area contributed by atoms with E-state index in [0.29, 0.717) is 0 Å². The number of nitrogens with two attached hydrogens (primary N) is 1. The molecule has 1 unspecified atom stereocenters. The molecule has 2 nitrogen and oxygen atoms in total. The molecule has 4 heteroatoms. The minimum Gasteiger partial charge on any atom is -0.271 e. The molecule has 3 N–H and O–H groups in total. The van der Waals surface area contributed by atoms with Gasteiger partial charge in [-0.2, -0.15) is 0 Å². The molecule has 88 valence electrons. The highest BCUT2D eigenvalue weighted by atomic mass is 127. The van der Waals surface area contributed by atoms with Crippen molar-refractivity contribution in [2.45, 2.75) is 6.04 Å². The van der Waals surface area contributed by atoms with Crippen LogP contribution in [-0.4, -0.2) is 0 Å². The minimum absolute atomic E-state index is 0.0135. The van der Waals surface area contributed by atoms with Gasteiger partial charge in [0.05, 0.1) is 6.04 Å². The van der Waals surface area contributed by atoms with Crippen molar-refractivity contribution in [2.24, 2.45) is 5.84 Å². The second-order valence-corrected chi connectivity index (χ2v) is 5.27. The molecular formula is C13H12ClIN2. The van der Waals surface area contributed by atoms with Crippen molar-refractivity contribution in [3.8, 4) is 0 Å². The molecule has 0 aromatic heterocycles. The monoisotopic (exact) mass is 358 g/mol. The van der Waals surface area contributed by atoms with Crippen LogP contribution in [0.5, 0.6) is 0 Å². The first-order chi connectivity index (χ1) is 8.22. The van der Waals surface area contributed by atoms with Gasteiger partial charge in [-0.1, -0.05) is 41.9 Å². The maximum atomic E-state index is 5.88. The van der Waals surface area contributed by atoms with E-state index in [-0.39, 0.29) is 6.04 Å². The molecule has 0 saturated heterocycles. The van der Waals surface area contributed by atoms with Gasteiger partial charge in [0.1, 0.15) is 0 Å². The van der Waals surface area contributed by atoms with Gasteiger partial charge < -0.3 is 0 Å². The van der Waals surface area contributed by atoms with Crippen molar-refractivity contribution in [3.05, 3.63) is 68.3 Å². The zero-order valence-corrected chi connectivity index (χ0v) is 11.9. The largest absolute Gasteiger partial charge is 0.271 e. The summed E-state index contributed by atoms with van der Waals surface area (Å²) in [5.41, 5.74) is 5.11. The Bertz CT molecular complexity index is 499. The molecule has 2 aromatic rings. The summed E-state index contributed by atoms with van der Waals surface area (Å²) in [6.07, 6.45) is 0. The maximum Gasteiger partial charge on any atom is 0.0720 e. The lowest BCUT2D eigenvalue weighted by atomic mass is 9.99. The van der Waals surface area contributed by atoms with Crippen LogP contribution >= 0.6 is 34.2 Å². The third kappa shape index (κ3) is 2.98. The summed E-state index contributed by atoms with van der Waals surface area (Å²) in [5.74, 6) is 5.66. The minimum atomic E-state index is -0.0135. The van der Waals surface area contributed by atoms with Gasteiger partial charge >= 0.3 is 0 Å². The molecule has 0 aliphatic heterocycles. The predicted molar refractivity (Wildman–Crippen MR) is 79.8 cm³/mol. The topological polar surface area (TPSA) is 38.0 Å². The standard InChI is InChI=1S/C13H12ClIN2/c14-10-7-5-9(6-8-10)13(17-16)11-3-1-2-4-12(11)15/h1-8,13,17H,16H2. The zero-order valence-electron chi connectivity index (χ0n) is 9.03. The lowest BCUT2D eigenvalue weighted by Crippen LogP contribution is -2.29. The molecule has 0 radical (unpaired) electrons. The molecule has 2 rings (SSSR count). The smallest absolute Gasteiger partial charge is 0.0720 e. The number of hydrazine groups is 1. The van der Waals surface area contributed by atoms with Crippen LogP contribution in [0.25, 0.3) is 0 Å². The number of rotatable bonds is 3. The Morgan fingerprint density at radius 2 is 1.71 bits per heavy atom. The van der Waals surface area contributed by atoms with Crippen LogP contribution in [-0.2, 0) is 0 Å². The Labute approximate surface area is 119 Å². The van der Waals surface area contributed by atoms with Crippen molar-refractivity contribution < 1.29 is 0 Å². The van der Waals surface area contributed by atoms with Crippen LogP contribution < -0.4 is 11.3 Å². The van der Waals surface area contributed by atoms with Gasteiger partial charge in [-0.15, -0.1) is 0 Å². The molecule has 1 atom stereocenters. The van der Waals surface area contributed by atoms with Crippen LogP contribution in [0.4, 0.5) is 0 Å². The maximum absolute atomic E-state index is 5.88. The van der Waals surface area contributed by atoms with Crippen LogP contribution in [0.3, 0.4) is 0 Å². The molecular weight excluding hydrogens is 347 g/mol. The van der Waals surface area contributed by atoms with Crippen LogP contribution in [0, 0.1) is 3.57 Å². The highest BCUT2D eigenvalue weighted by Gasteiger charge is 2.14. The van der Waals surface area contributed by atoms with Crippen LogP contribution in [0.1, 0.15) is 17.2 Å². The zero-order chi connectivity index (χ0) is 12.3. The number of halogens is 2. The van der Waals surface area contributed by atoms with E-state index >= 15 is 0 Å². The van der Waals surface area contributed by atoms with E-state index in [2.05, 4.69) is 40.1 Å². The molecule has 0 heterocycles. The summed E-state index contributed by atoms with van der Waals surface area (Å²) in [4.78, 5) is 0. The number of benzene rings is 2. The Morgan fingerprint density at radius 1 is 1.06 bits per heavy atom. The van der Waals surface area contributed by atoms with E-state index < -0.39 is 0 Å². The molecule has 0 amide bonds. The quantitative estimate of drug-likeness (QED) is 0.501. The fourth-order valence-corrected chi connectivity index (χ4v) is 2.55. The predicted octanol–water partition coefficient (Wildman–Crippen LogP) is 3.50. The molecule has 0 spiro atoms. The summed E-state index contributed by atoms with van der Waals surface area (Å²) < 4.78 is 1.18. The van der Waals surface area contributed by atoms with Crippen molar-refractivity contribution in [1.29, 1.82) is 0 Å². The molecule has 17 heavy (non-hydrogen) atoms. The lowest BCUT2D eigenvalue weighted by molar-refractivity contribution is 0.634. The van der Waals surface area contributed by atoms with Gasteiger partial charge in [0.15, 0.2) is 0 Å². The second-order valence-electron chi connectivity index (χ2n) is 3.67. The van der Waals surface area contributed by atoms with Gasteiger partial charge in [0.2, 0.25) is 0 Å². The molecule has 2 aromatic carbocycles. The highest BCUT2D eigenvalue weighted by Crippen LogP contribution is 2.26. The van der Waals surface area contributed by atoms with Crippen LogP contribution in [0.2, 0.25) is 5.02 Å². The summed E-state index contributed by atoms with van der Waals surface area (Å²) >= 11 is 8.19. The van der Waals surface area contributed by atoms with E-state index in [1.807, 2.05) is 36.4 Å². The summed E-state index contributed by atoms with van der Waals surface area (Å²) in [6.45, 7) is 0. The van der Waals surface area contributed by atoms with Crippen molar-refractivity contribution in [3.63, 3.8) is 0 Å². The molecule has 0 aliphatic carbocycles. The third-order valence-corrected chi connectivity index (χ3v) is 3.82. The van der Waals surface area contributed by atoms with Crippen molar-refractivity contribution >= 4 is 34.2 Å². The van der Waals surface area contributed by atoms with Gasteiger partial charge in [0, 0.05) is 8.59 Å². The third-order valence-electron chi connectivity index (χ3n) is 2.59. The summed E-state index contributed by atoms with van der Waals surface area (Å²) in [7, 11) is 0. The SMILES string of the molecule is NNC(c1ccc(Cl)cc1)c1ccccc1I. The Morgan fingerprint density at radius 3 is 2.29 bits per heavy atom. The molecule has 0 fully saturated rings. The van der Waals surface area contributed by atoms with E-state index in [9.17, 15) is 0 Å². The first kappa shape index (κ1) is 12.8. The highest BCUT2D eigenvalue weighted by molar-refractivity contribution is 14.1. The molecule has 0 saturated carbocycles. The second kappa shape index (κ2) is 5.82. The van der Waals surface area contributed by atoms with Gasteiger partial charge in [0.25, 0.3) is 0 Å². The first-order valence-corrected chi connectivity index (χ1v) is 6.64. The van der Waals surface area contributed by atoms with E-state index in [4.69, 9.17) is 17.4 Å². The fourth-order valence-electron chi connectivity index (χ4n) is 1.73. The average Bonchev–Trinajstić information content (AvgIpc) is 2.35. The number of hydrogen-bond acceptors (Lipinski definition) is 2. The number of nitrogens with one attached hydrogen (secondary N) is 1. The normalized spacial score (nSPS) is 12.4. The summed E-state index contributed by atoms with van der Waals surface area (Å²) in [5, 5.41) is 0.729. The molecule has 0 aliphatic rings. The van der Waals surface area contributed by atoms with Gasteiger partial charge in [-0.25, -0.2) is 5.43 Å². The van der Waals surface area contributed by atoms with Crippen LogP contribution in [0.15, 0.2) is 48.5 Å². The Balaban J connectivity index is 2.40. The van der Waals surface area contributed by atoms with E-state index in [1.165, 1.54) is 3.57 Å². The number of hydrogen-bond donors (Lipinski definition) is 2. The van der Waals surface area contributed by atoms with Gasteiger partial charge in [-0.3, -0.25) is 5.84 Å². The van der Waals surface area contributed by atoms with E-state index in [1.54, 1.807) is 0 Å².